The van der Waals surface area contributed by atoms with Gasteiger partial charge < -0.3 is 14.6 Å². The lowest BCUT2D eigenvalue weighted by Crippen LogP contribution is -2.30. The molecule has 0 aliphatic heterocycles. The van der Waals surface area contributed by atoms with Gasteiger partial charge in [-0.3, -0.25) is 4.90 Å². The van der Waals surface area contributed by atoms with Gasteiger partial charge in [0.1, 0.15) is 12.4 Å². The highest BCUT2D eigenvalue weighted by Gasteiger charge is 2.27. The number of fused-ring (bicyclic) bond motifs is 2. The van der Waals surface area contributed by atoms with Gasteiger partial charge in [-0.15, -0.1) is 0 Å². The second-order valence-electron chi connectivity index (χ2n) is 10.5. The molecule has 4 rings (SSSR count). The summed E-state index contributed by atoms with van der Waals surface area (Å²) in [6.45, 7) is 7.99. The number of aliphatic carboxylic acids is 1. The largest absolute Gasteiger partial charge is 0.492 e. The topological polar surface area (TPSA) is 59.0 Å². The predicted molar refractivity (Wildman–Crippen MR) is 157 cm³/mol. The summed E-state index contributed by atoms with van der Waals surface area (Å²) in [4.78, 5) is 13.8. The molecule has 2 atom stereocenters. The molecule has 2 unspecified atom stereocenters. The molecule has 0 spiro atoms. The van der Waals surface area contributed by atoms with Gasteiger partial charge in [0.2, 0.25) is 0 Å². The zero-order valence-corrected chi connectivity index (χ0v) is 23.9. The third-order valence-corrected chi connectivity index (χ3v) is 7.76. The fourth-order valence-corrected chi connectivity index (χ4v) is 5.65. The Kier molecular flexibility index (Phi) is 10.2. The third-order valence-electron chi connectivity index (χ3n) is 7.76. The zero-order valence-electron chi connectivity index (χ0n) is 23.9. The number of benzene rings is 3. The van der Waals surface area contributed by atoms with Gasteiger partial charge in [-0.2, -0.15) is 0 Å². The van der Waals surface area contributed by atoms with Crippen molar-refractivity contribution < 1.29 is 19.4 Å². The van der Waals surface area contributed by atoms with Crippen LogP contribution in [0.1, 0.15) is 72.2 Å². The van der Waals surface area contributed by atoms with Crippen LogP contribution in [0, 0.1) is 0 Å². The van der Waals surface area contributed by atoms with Crippen LogP contribution in [-0.2, 0) is 41.6 Å². The fourth-order valence-electron chi connectivity index (χ4n) is 5.65. The Bertz CT molecular complexity index is 1240. The minimum atomic E-state index is -0.936. The molecular weight excluding hydrogens is 486 g/mol. The average Bonchev–Trinajstić information content (AvgIpc) is 3.10. The molecule has 5 nitrogen and oxygen atoms in total. The summed E-state index contributed by atoms with van der Waals surface area (Å²) < 4.78 is 11.5. The first kappa shape index (κ1) is 28.8. The molecule has 0 fully saturated rings. The van der Waals surface area contributed by atoms with Crippen LogP contribution in [0.3, 0.4) is 0 Å². The lowest BCUT2D eigenvalue weighted by Gasteiger charge is -2.31. The molecule has 5 heteroatoms. The molecule has 0 radical (unpaired) electrons. The van der Waals surface area contributed by atoms with Crippen LogP contribution in [0.5, 0.6) is 5.75 Å². The summed E-state index contributed by atoms with van der Waals surface area (Å²) in [5.74, 6) is -0.150. The second-order valence-corrected chi connectivity index (χ2v) is 10.5. The van der Waals surface area contributed by atoms with E-state index < -0.39 is 12.1 Å². The van der Waals surface area contributed by atoms with Gasteiger partial charge in [-0.1, -0.05) is 68.8 Å². The highest BCUT2D eigenvalue weighted by atomic mass is 16.5. The SMILES string of the molecule is CCCc1ccc2c(c1)CCc1cc(CC)ccc1C2N(C)CCOc1ccc(CC(OCC)C(=O)O)cc1. The van der Waals surface area contributed by atoms with Crippen molar-refractivity contribution in [3.63, 3.8) is 0 Å². The maximum Gasteiger partial charge on any atom is 0.333 e. The number of carboxylic acid groups (broad SMARTS) is 1. The molecule has 3 aromatic rings. The molecular formula is C34H43NO4. The van der Waals surface area contributed by atoms with E-state index in [-0.39, 0.29) is 6.04 Å². The standard InChI is InChI=1S/C34H43NO4/c1-5-8-25-12-18-31-28(22-25)14-13-27-21-24(6-2)11-17-30(27)33(31)35(4)19-20-39-29-15-9-26(10-16-29)23-32(34(36)37)38-7-3/h9-12,15-18,21-22,32-33H,5-8,13-14,19-20,23H2,1-4H3,(H,36,37). The number of aryl methyl sites for hydroxylation is 4. The van der Waals surface area contributed by atoms with Crippen LogP contribution in [-0.4, -0.2) is 48.9 Å². The van der Waals surface area contributed by atoms with E-state index in [1.807, 2.05) is 31.2 Å². The molecule has 39 heavy (non-hydrogen) atoms. The Hall–Kier alpha value is -3.15. The van der Waals surface area contributed by atoms with Crippen molar-refractivity contribution >= 4 is 5.97 Å². The average molecular weight is 530 g/mol. The van der Waals surface area contributed by atoms with Crippen LogP contribution in [0.2, 0.25) is 0 Å². The first-order valence-electron chi connectivity index (χ1n) is 14.4. The number of carbonyl (C=O) groups is 1. The van der Waals surface area contributed by atoms with E-state index in [0.717, 1.165) is 50.0 Å². The zero-order chi connectivity index (χ0) is 27.8. The second kappa shape index (κ2) is 13.8. The minimum absolute atomic E-state index is 0.191. The third kappa shape index (κ3) is 7.28. The molecule has 1 aliphatic rings. The minimum Gasteiger partial charge on any atom is -0.492 e. The summed E-state index contributed by atoms with van der Waals surface area (Å²) in [7, 11) is 2.20. The van der Waals surface area contributed by atoms with Crippen LogP contribution >= 0.6 is 0 Å². The lowest BCUT2D eigenvalue weighted by atomic mass is 9.91. The smallest absolute Gasteiger partial charge is 0.333 e. The van der Waals surface area contributed by atoms with Gasteiger partial charge in [0.05, 0.1) is 6.04 Å². The summed E-state index contributed by atoms with van der Waals surface area (Å²) in [6.07, 6.45) is 5.00. The quantitative estimate of drug-likeness (QED) is 0.276. The van der Waals surface area contributed by atoms with Crippen LogP contribution in [0.15, 0.2) is 60.7 Å². The number of hydrogen-bond acceptors (Lipinski definition) is 4. The van der Waals surface area contributed by atoms with E-state index in [1.54, 1.807) is 0 Å². The molecule has 0 saturated carbocycles. The van der Waals surface area contributed by atoms with Gasteiger partial charge in [0, 0.05) is 19.6 Å². The molecule has 3 aromatic carbocycles. The number of hydrogen-bond donors (Lipinski definition) is 1. The Morgan fingerprint density at radius 3 is 2.13 bits per heavy atom. The lowest BCUT2D eigenvalue weighted by molar-refractivity contribution is -0.149. The summed E-state index contributed by atoms with van der Waals surface area (Å²) in [5.41, 5.74) is 9.49. The Labute approximate surface area is 233 Å². The van der Waals surface area contributed by atoms with Crippen molar-refractivity contribution in [2.75, 3.05) is 26.8 Å². The molecule has 0 amide bonds. The van der Waals surface area contributed by atoms with Gasteiger partial charge in [0.25, 0.3) is 0 Å². The van der Waals surface area contributed by atoms with Gasteiger partial charge in [-0.05, 0) is 90.7 Å². The molecule has 1 aliphatic carbocycles. The van der Waals surface area contributed by atoms with Crippen LogP contribution in [0.25, 0.3) is 0 Å². The van der Waals surface area contributed by atoms with E-state index >= 15 is 0 Å². The molecule has 1 N–H and O–H groups in total. The van der Waals surface area contributed by atoms with Crippen molar-refractivity contribution in [3.8, 4) is 5.75 Å². The highest BCUT2D eigenvalue weighted by molar-refractivity contribution is 5.72. The number of nitrogens with zero attached hydrogens (tertiary/aromatic N) is 1. The van der Waals surface area contributed by atoms with E-state index in [1.165, 1.54) is 33.4 Å². The number of rotatable bonds is 13. The van der Waals surface area contributed by atoms with Crippen molar-refractivity contribution in [2.24, 2.45) is 0 Å². The highest BCUT2D eigenvalue weighted by Crippen LogP contribution is 2.37. The summed E-state index contributed by atoms with van der Waals surface area (Å²) in [6, 6.07) is 22.0. The van der Waals surface area contributed by atoms with Crippen molar-refractivity contribution in [1.82, 2.24) is 4.90 Å². The van der Waals surface area contributed by atoms with E-state index in [9.17, 15) is 9.90 Å². The number of likely N-dealkylation sites (N-methyl/N-ethyl adjacent to an activating group) is 1. The van der Waals surface area contributed by atoms with Gasteiger partial charge in [0.15, 0.2) is 6.10 Å². The predicted octanol–water partition coefficient (Wildman–Crippen LogP) is 6.43. The maximum absolute atomic E-state index is 11.4. The molecule has 0 aromatic heterocycles. The fraction of sp³-hybridized carbons (Fsp3) is 0.441. The summed E-state index contributed by atoms with van der Waals surface area (Å²) >= 11 is 0. The van der Waals surface area contributed by atoms with E-state index in [0.29, 0.717) is 19.6 Å². The van der Waals surface area contributed by atoms with Crippen LogP contribution in [0.4, 0.5) is 0 Å². The molecule has 208 valence electrons. The molecule has 0 heterocycles. The van der Waals surface area contributed by atoms with E-state index in [2.05, 4.69) is 62.2 Å². The van der Waals surface area contributed by atoms with Crippen molar-refractivity contribution in [2.45, 2.75) is 71.4 Å². The Balaban J connectivity index is 1.47. The Morgan fingerprint density at radius 2 is 1.54 bits per heavy atom. The van der Waals surface area contributed by atoms with E-state index in [4.69, 9.17) is 9.47 Å². The number of carboxylic acids is 1. The van der Waals surface area contributed by atoms with Crippen LogP contribution < -0.4 is 4.74 Å². The van der Waals surface area contributed by atoms with Crippen molar-refractivity contribution in [1.29, 1.82) is 0 Å². The Morgan fingerprint density at radius 1 is 0.923 bits per heavy atom. The first-order chi connectivity index (χ1) is 18.9. The maximum atomic E-state index is 11.4. The molecule has 0 bridgehead atoms. The van der Waals surface area contributed by atoms with Crippen molar-refractivity contribution in [3.05, 3.63) is 99.6 Å². The monoisotopic (exact) mass is 529 g/mol. The van der Waals surface area contributed by atoms with Gasteiger partial charge in [-0.25, -0.2) is 4.79 Å². The molecule has 0 saturated heterocycles. The summed E-state index contributed by atoms with van der Waals surface area (Å²) in [5, 5.41) is 9.35. The first-order valence-corrected chi connectivity index (χ1v) is 14.4. The normalized spacial score (nSPS) is 15.4. The van der Waals surface area contributed by atoms with Gasteiger partial charge >= 0.3 is 5.97 Å². The number of ether oxygens (including phenoxy) is 2.